The molecule has 2 heterocycles. The van der Waals surface area contributed by atoms with Gasteiger partial charge in [0.25, 0.3) is 0 Å². The Bertz CT molecular complexity index is 797. The Labute approximate surface area is 133 Å². The predicted molar refractivity (Wildman–Crippen MR) is 84.8 cm³/mol. The van der Waals surface area contributed by atoms with Gasteiger partial charge in [-0.25, -0.2) is 0 Å². The number of nitrogens with zero attached hydrogens (tertiary/aromatic N) is 1. The van der Waals surface area contributed by atoms with E-state index >= 15 is 0 Å². The fourth-order valence-electron chi connectivity index (χ4n) is 2.64. The number of benzene rings is 1. The lowest BCUT2D eigenvalue weighted by Gasteiger charge is -2.21. The van der Waals surface area contributed by atoms with E-state index in [4.69, 9.17) is 9.15 Å². The topological polar surface area (TPSA) is 72.6 Å². The van der Waals surface area contributed by atoms with Crippen LogP contribution in [0.4, 0.5) is 0 Å². The summed E-state index contributed by atoms with van der Waals surface area (Å²) in [6.07, 6.45) is 3.67. The lowest BCUT2D eigenvalue weighted by molar-refractivity contribution is -0.148. The zero-order valence-electron chi connectivity index (χ0n) is 12.7. The summed E-state index contributed by atoms with van der Waals surface area (Å²) < 4.78 is 10.6. The fourth-order valence-corrected chi connectivity index (χ4v) is 2.64. The first-order chi connectivity index (χ1) is 11.2. The molecule has 0 spiro atoms. The Morgan fingerprint density at radius 1 is 1.30 bits per heavy atom. The minimum absolute atomic E-state index is 0.244. The van der Waals surface area contributed by atoms with E-state index in [0.717, 1.165) is 5.39 Å². The largest absolute Gasteiger partial charge is 0.465 e. The molecule has 118 valence electrons. The Kier molecular flexibility index (Phi) is 4.39. The minimum Gasteiger partial charge on any atom is -0.465 e. The quantitative estimate of drug-likeness (QED) is 0.732. The molecule has 5 heteroatoms. The molecule has 0 aliphatic rings. The van der Waals surface area contributed by atoms with E-state index in [1.807, 2.05) is 18.2 Å². The van der Waals surface area contributed by atoms with Crippen LogP contribution in [0.25, 0.3) is 11.0 Å². The molecule has 0 aliphatic heterocycles. The Hall–Kier alpha value is -2.66. The van der Waals surface area contributed by atoms with Gasteiger partial charge in [-0.15, -0.1) is 0 Å². The molecule has 0 fully saturated rings. The van der Waals surface area contributed by atoms with Gasteiger partial charge in [-0.2, -0.15) is 0 Å². The molecule has 1 N–H and O–H groups in total. The number of carbonyl (C=O) groups is 1. The maximum absolute atomic E-state index is 12.5. The molecule has 0 saturated carbocycles. The molecule has 2 aromatic heterocycles. The summed E-state index contributed by atoms with van der Waals surface area (Å²) in [5, 5.41) is 11.5. The van der Waals surface area contributed by atoms with Crippen molar-refractivity contribution >= 4 is 16.9 Å². The monoisotopic (exact) mass is 311 g/mol. The SMILES string of the molecule is CCOC(=O)[C@@H](c1coc2cnccc12)[C@@H](O)c1ccccc1. The first-order valence-corrected chi connectivity index (χ1v) is 7.43. The second-order valence-electron chi connectivity index (χ2n) is 5.15. The third-order valence-corrected chi connectivity index (χ3v) is 3.74. The van der Waals surface area contributed by atoms with Crippen LogP contribution in [-0.4, -0.2) is 22.7 Å². The number of hydrogen-bond donors (Lipinski definition) is 1. The molecule has 0 saturated heterocycles. The molecule has 0 bridgehead atoms. The van der Waals surface area contributed by atoms with Gasteiger partial charge in [-0.05, 0) is 18.6 Å². The number of esters is 1. The van der Waals surface area contributed by atoms with Gasteiger partial charge in [-0.1, -0.05) is 30.3 Å². The van der Waals surface area contributed by atoms with E-state index < -0.39 is 18.0 Å². The summed E-state index contributed by atoms with van der Waals surface area (Å²) in [5.41, 5.74) is 1.81. The molecule has 1 aromatic carbocycles. The van der Waals surface area contributed by atoms with Gasteiger partial charge in [0.1, 0.15) is 5.92 Å². The second-order valence-corrected chi connectivity index (χ2v) is 5.15. The van der Waals surface area contributed by atoms with Crippen molar-refractivity contribution in [3.63, 3.8) is 0 Å². The van der Waals surface area contributed by atoms with Gasteiger partial charge < -0.3 is 14.3 Å². The zero-order valence-corrected chi connectivity index (χ0v) is 12.7. The first-order valence-electron chi connectivity index (χ1n) is 7.43. The maximum Gasteiger partial charge on any atom is 0.316 e. The van der Waals surface area contributed by atoms with Crippen molar-refractivity contribution in [1.82, 2.24) is 4.98 Å². The molecule has 0 unspecified atom stereocenters. The van der Waals surface area contributed by atoms with Crippen LogP contribution in [0, 0.1) is 0 Å². The molecule has 0 radical (unpaired) electrons. The number of aromatic nitrogens is 1. The number of ether oxygens (including phenoxy) is 1. The van der Waals surface area contributed by atoms with Crippen LogP contribution in [0.5, 0.6) is 0 Å². The smallest absolute Gasteiger partial charge is 0.316 e. The molecule has 3 aromatic rings. The van der Waals surface area contributed by atoms with Gasteiger partial charge >= 0.3 is 5.97 Å². The summed E-state index contributed by atoms with van der Waals surface area (Å²) in [7, 11) is 0. The summed E-state index contributed by atoms with van der Waals surface area (Å²) in [4.78, 5) is 16.5. The molecular formula is C18H17NO4. The molecular weight excluding hydrogens is 294 g/mol. The molecule has 2 atom stereocenters. The van der Waals surface area contributed by atoms with Crippen LogP contribution in [0.15, 0.2) is 59.5 Å². The second kappa shape index (κ2) is 6.62. The zero-order chi connectivity index (χ0) is 16.2. The van der Waals surface area contributed by atoms with Gasteiger partial charge in [0.15, 0.2) is 5.58 Å². The van der Waals surface area contributed by atoms with Crippen LogP contribution in [0.3, 0.4) is 0 Å². The van der Waals surface area contributed by atoms with Crippen molar-refractivity contribution in [3.8, 4) is 0 Å². The van der Waals surface area contributed by atoms with Crippen molar-refractivity contribution in [3.05, 3.63) is 66.2 Å². The van der Waals surface area contributed by atoms with Crippen LogP contribution in [0.2, 0.25) is 0 Å². The number of aliphatic hydroxyl groups is 1. The number of furan rings is 1. The first kappa shape index (κ1) is 15.2. The standard InChI is InChI=1S/C18H17NO4/c1-2-22-18(21)16(17(20)12-6-4-3-5-7-12)14-11-23-15-10-19-9-8-13(14)15/h3-11,16-17,20H,2H2,1H3/t16-,17-/m0/s1. The summed E-state index contributed by atoms with van der Waals surface area (Å²) in [5.74, 6) is -1.34. The average Bonchev–Trinajstić information content (AvgIpc) is 3.00. The van der Waals surface area contributed by atoms with E-state index in [0.29, 0.717) is 16.7 Å². The molecule has 0 amide bonds. The normalized spacial score (nSPS) is 13.7. The highest BCUT2D eigenvalue weighted by Gasteiger charge is 2.33. The Balaban J connectivity index is 2.07. The minimum atomic E-state index is -1.02. The van der Waals surface area contributed by atoms with Crippen LogP contribution < -0.4 is 0 Å². The number of aliphatic hydroxyl groups excluding tert-OH is 1. The van der Waals surface area contributed by atoms with Crippen LogP contribution >= 0.6 is 0 Å². The lowest BCUT2D eigenvalue weighted by Crippen LogP contribution is -2.22. The van der Waals surface area contributed by atoms with E-state index in [1.165, 1.54) is 6.26 Å². The molecule has 0 aliphatic carbocycles. The van der Waals surface area contributed by atoms with Crippen molar-refractivity contribution < 1.29 is 19.1 Å². The van der Waals surface area contributed by atoms with Crippen molar-refractivity contribution in [2.75, 3.05) is 6.61 Å². The molecule has 3 rings (SSSR count). The molecule has 5 nitrogen and oxygen atoms in total. The molecule has 23 heavy (non-hydrogen) atoms. The van der Waals surface area contributed by atoms with Crippen molar-refractivity contribution in [2.45, 2.75) is 18.9 Å². The van der Waals surface area contributed by atoms with Gasteiger partial charge in [0.05, 0.1) is 25.2 Å². The highest BCUT2D eigenvalue weighted by molar-refractivity contribution is 5.88. The lowest BCUT2D eigenvalue weighted by atomic mass is 9.89. The number of fused-ring (bicyclic) bond motifs is 1. The average molecular weight is 311 g/mol. The van der Waals surface area contributed by atoms with E-state index in [2.05, 4.69) is 4.98 Å². The third-order valence-electron chi connectivity index (χ3n) is 3.74. The summed E-state index contributed by atoms with van der Waals surface area (Å²) in [6.45, 7) is 1.98. The van der Waals surface area contributed by atoms with E-state index in [1.54, 1.807) is 37.5 Å². The summed E-state index contributed by atoms with van der Waals surface area (Å²) in [6, 6.07) is 10.8. The van der Waals surface area contributed by atoms with Crippen LogP contribution in [-0.2, 0) is 9.53 Å². The van der Waals surface area contributed by atoms with Crippen molar-refractivity contribution in [2.24, 2.45) is 0 Å². The predicted octanol–water partition coefficient (Wildman–Crippen LogP) is 3.21. The van der Waals surface area contributed by atoms with E-state index in [9.17, 15) is 9.90 Å². The highest BCUT2D eigenvalue weighted by Crippen LogP contribution is 2.36. The van der Waals surface area contributed by atoms with Crippen molar-refractivity contribution in [1.29, 1.82) is 0 Å². The maximum atomic E-state index is 12.5. The van der Waals surface area contributed by atoms with E-state index in [-0.39, 0.29) is 6.61 Å². The Morgan fingerprint density at radius 2 is 2.09 bits per heavy atom. The van der Waals surface area contributed by atoms with Gasteiger partial charge in [-0.3, -0.25) is 9.78 Å². The summed E-state index contributed by atoms with van der Waals surface area (Å²) >= 11 is 0. The van der Waals surface area contributed by atoms with Gasteiger partial charge in [0, 0.05) is 17.1 Å². The number of hydrogen-bond acceptors (Lipinski definition) is 5. The van der Waals surface area contributed by atoms with Crippen LogP contribution in [0.1, 0.15) is 30.1 Å². The number of carbonyl (C=O) groups excluding carboxylic acids is 1. The fraction of sp³-hybridized carbons (Fsp3) is 0.222. The number of pyridine rings is 1. The third kappa shape index (κ3) is 2.96. The van der Waals surface area contributed by atoms with Gasteiger partial charge in [0.2, 0.25) is 0 Å². The highest BCUT2D eigenvalue weighted by atomic mass is 16.5. The Morgan fingerprint density at radius 3 is 2.83 bits per heavy atom. The number of rotatable bonds is 5.